The molecule has 15 heavy (non-hydrogen) atoms. The minimum Gasteiger partial charge on any atom is -0.397 e. The van der Waals surface area contributed by atoms with Gasteiger partial charge in [-0.05, 0) is 18.2 Å². The van der Waals surface area contributed by atoms with Gasteiger partial charge in [0.2, 0.25) is 10.0 Å². The number of nitrogen functional groups attached to an aromatic ring is 1. The first-order valence-corrected chi connectivity index (χ1v) is 6.23. The van der Waals surface area contributed by atoms with Crippen molar-refractivity contribution in [3.05, 3.63) is 18.2 Å². The fourth-order valence-electron chi connectivity index (χ4n) is 1.11. The van der Waals surface area contributed by atoms with Crippen LogP contribution in [-0.2, 0) is 10.0 Å². The maximum atomic E-state index is 11.1. The minimum atomic E-state index is -3.29. The van der Waals surface area contributed by atoms with E-state index in [4.69, 9.17) is 5.73 Å². The quantitative estimate of drug-likeness (QED) is 0.748. The van der Waals surface area contributed by atoms with Crippen LogP contribution in [0.5, 0.6) is 0 Å². The summed E-state index contributed by atoms with van der Waals surface area (Å²) in [7, 11) is 0.451. The van der Waals surface area contributed by atoms with Crippen LogP contribution in [0, 0.1) is 0 Å². The number of hydrogen-bond acceptors (Lipinski definition) is 4. The monoisotopic (exact) mass is 229 g/mol. The van der Waals surface area contributed by atoms with Gasteiger partial charge in [0.25, 0.3) is 0 Å². The van der Waals surface area contributed by atoms with Crippen LogP contribution in [0.3, 0.4) is 0 Å². The summed E-state index contributed by atoms with van der Waals surface area (Å²) in [6.07, 6.45) is 1.09. The Balaban J connectivity index is 3.11. The summed E-state index contributed by atoms with van der Waals surface area (Å²) >= 11 is 0. The Morgan fingerprint density at radius 3 is 2.40 bits per heavy atom. The van der Waals surface area contributed by atoms with Crippen LogP contribution in [0.4, 0.5) is 17.1 Å². The van der Waals surface area contributed by atoms with Crippen molar-refractivity contribution in [3.63, 3.8) is 0 Å². The van der Waals surface area contributed by atoms with E-state index in [1.807, 2.05) is 25.1 Å². The molecule has 0 amide bonds. The van der Waals surface area contributed by atoms with Crippen molar-refractivity contribution in [2.45, 2.75) is 0 Å². The van der Waals surface area contributed by atoms with E-state index in [1.165, 1.54) is 0 Å². The first kappa shape index (κ1) is 11.6. The van der Waals surface area contributed by atoms with E-state index in [1.54, 1.807) is 12.1 Å². The molecule has 0 atom stereocenters. The summed E-state index contributed by atoms with van der Waals surface area (Å²) in [5.41, 5.74) is 7.35. The van der Waals surface area contributed by atoms with Gasteiger partial charge in [-0.15, -0.1) is 0 Å². The Kier molecular flexibility index (Phi) is 3.09. The molecule has 0 saturated carbocycles. The lowest BCUT2D eigenvalue weighted by Gasteiger charge is -2.15. The SMILES string of the molecule is CN(C)c1ccc(N)c(NS(C)(=O)=O)c1. The van der Waals surface area contributed by atoms with Gasteiger partial charge in [0, 0.05) is 19.8 Å². The van der Waals surface area contributed by atoms with E-state index in [-0.39, 0.29) is 0 Å². The predicted molar refractivity (Wildman–Crippen MR) is 63.6 cm³/mol. The molecule has 0 saturated heterocycles. The van der Waals surface area contributed by atoms with Gasteiger partial charge in [-0.1, -0.05) is 0 Å². The Bertz CT molecular complexity index is 454. The average molecular weight is 229 g/mol. The van der Waals surface area contributed by atoms with Crippen molar-refractivity contribution >= 4 is 27.1 Å². The molecule has 1 rings (SSSR count). The fourth-order valence-corrected chi connectivity index (χ4v) is 1.69. The van der Waals surface area contributed by atoms with Gasteiger partial charge in [-0.3, -0.25) is 4.72 Å². The second-order valence-corrected chi connectivity index (χ2v) is 5.29. The van der Waals surface area contributed by atoms with Crippen molar-refractivity contribution in [3.8, 4) is 0 Å². The van der Waals surface area contributed by atoms with E-state index in [9.17, 15) is 8.42 Å². The zero-order valence-corrected chi connectivity index (χ0v) is 9.80. The number of nitrogens with zero attached hydrogens (tertiary/aromatic N) is 1. The Labute approximate surface area is 89.9 Å². The molecule has 0 fully saturated rings. The number of hydrogen-bond donors (Lipinski definition) is 2. The number of sulfonamides is 1. The van der Waals surface area contributed by atoms with Crippen LogP contribution in [0.2, 0.25) is 0 Å². The number of nitrogens with two attached hydrogens (primary N) is 1. The van der Waals surface area contributed by atoms with Crippen LogP contribution in [0.25, 0.3) is 0 Å². The molecule has 0 aliphatic rings. The third kappa shape index (κ3) is 3.32. The highest BCUT2D eigenvalue weighted by molar-refractivity contribution is 7.92. The molecule has 0 heterocycles. The molecular weight excluding hydrogens is 214 g/mol. The Hall–Kier alpha value is -1.43. The second kappa shape index (κ2) is 3.98. The molecule has 0 spiro atoms. The molecule has 1 aromatic rings. The molecule has 84 valence electrons. The van der Waals surface area contributed by atoms with E-state index in [2.05, 4.69) is 4.72 Å². The van der Waals surface area contributed by atoms with Crippen LogP contribution in [0.1, 0.15) is 0 Å². The number of benzene rings is 1. The first-order valence-electron chi connectivity index (χ1n) is 4.34. The van der Waals surface area contributed by atoms with E-state index < -0.39 is 10.0 Å². The molecule has 3 N–H and O–H groups in total. The summed E-state index contributed by atoms with van der Waals surface area (Å²) in [6, 6.07) is 5.18. The highest BCUT2D eigenvalue weighted by atomic mass is 32.2. The average Bonchev–Trinajstić information content (AvgIpc) is 2.06. The van der Waals surface area contributed by atoms with Crippen molar-refractivity contribution in [1.29, 1.82) is 0 Å². The third-order valence-electron chi connectivity index (χ3n) is 1.85. The molecule has 6 heteroatoms. The highest BCUT2D eigenvalue weighted by Gasteiger charge is 2.07. The smallest absolute Gasteiger partial charge is 0.229 e. The lowest BCUT2D eigenvalue weighted by molar-refractivity contribution is 0.607. The predicted octanol–water partition coefficient (Wildman–Crippen LogP) is 0.706. The molecule has 0 radical (unpaired) electrons. The summed E-state index contributed by atoms with van der Waals surface area (Å²) in [4.78, 5) is 1.87. The molecule has 5 nitrogen and oxygen atoms in total. The van der Waals surface area contributed by atoms with Crippen molar-refractivity contribution < 1.29 is 8.42 Å². The molecule has 0 unspecified atom stereocenters. The lowest BCUT2D eigenvalue weighted by atomic mass is 10.2. The third-order valence-corrected chi connectivity index (χ3v) is 2.44. The summed E-state index contributed by atoms with van der Waals surface area (Å²) in [5.74, 6) is 0. The zero-order valence-electron chi connectivity index (χ0n) is 8.98. The van der Waals surface area contributed by atoms with Gasteiger partial charge in [0.15, 0.2) is 0 Å². The van der Waals surface area contributed by atoms with Gasteiger partial charge in [0.1, 0.15) is 0 Å². The second-order valence-electron chi connectivity index (χ2n) is 3.54. The lowest BCUT2D eigenvalue weighted by Crippen LogP contribution is -2.13. The van der Waals surface area contributed by atoms with Gasteiger partial charge >= 0.3 is 0 Å². The highest BCUT2D eigenvalue weighted by Crippen LogP contribution is 2.25. The Morgan fingerprint density at radius 1 is 1.33 bits per heavy atom. The summed E-state index contributed by atoms with van der Waals surface area (Å²) in [6.45, 7) is 0. The van der Waals surface area contributed by atoms with E-state index in [0.29, 0.717) is 11.4 Å². The van der Waals surface area contributed by atoms with Crippen molar-refractivity contribution in [1.82, 2.24) is 0 Å². The molecule has 0 aliphatic carbocycles. The Morgan fingerprint density at radius 2 is 1.93 bits per heavy atom. The van der Waals surface area contributed by atoms with Gasteiger partial charge < -0.3 is 10.6 Å². The fraction of sp³-hybridized carbons (Fsp3) is 0.333. The standard InChI is InChI=1S/C9H15N3O2S/c1-12(2)7-4-5-8(10)9(6-7)11-15(3,13)14/h4-6,11H,10H2,1-3H3. The summed E-state index contributed by atoms with van der Waals surface area (Å²) < 4.78 is 24.5. The topological polar surface area (TPSA) is 75.4 Å². The van der Waals surface area contributed by atoms with Crippen LogP contribution in [-0.4, -0.2) is 28.8 Å². The molecule has 0 aromatic heterocycles. The molecule has 0 bridgehead atoms. The van der Waals surface area contributed by atoms with Gasteiger partial charge in [-0.2, -0.15) is 0 Å². The van der Waals surface area contributed by atoms with Crippen LogP contribution in [0.15, 0.2) is 18.2 Å². The van der Waals surface area contributed by atoms with Gasteiger partial charge in [0.05, 0.1) is 17.6 Å². The molecule has 1 aromatic carbocycles. The summed E-state index contributed by atoms with van der Waals surface area (Å²) in [5, 5.41) is 0. The van der Waals surface area contributed by atoms with E-state index >= 15 is 0 Å². The first-order chi connectivity index (χ1) is 6.79. The van der Waals surface area contributed by atoms with Crippen molar-refractivity contribution in [2.75, 3.05) is 35.7 Å². The van der Waals surface area contributed by atoms with Crippen molar-refractivity contribution in [2.24, 2.45) is 0 Å². The number of rotatable bonds is 3. The van der Waals surface area contributed by atoms with Gasteiger partial charge in [-0.25, -0.2) is 8.42 Å². The minimum absolute atomic E-state index is 0.406. The molecule has 0 aliphatic heterocycles. The molecular formula is C9H15N3O2S. The van der Waals surface area contributed by atoms with Crippen LogP contribution >= 0.6 is 0 Å². The largest absolute Gasteiger partial charge is 0.397 e. The normalized spacial score (nSPS) is 11.1. The van der Waals surface area contributed by atoms with Crippen LogP contribution < -0.4 is 15.4 Å². The number of anilines is 3. The number of nitrogens with one attached hydrogen (secondary N) is 1. The maximum Gasteiger partial charge on any atom is 0.229 e. The van der Waals surface area contributed by atoms with E-state index in [0.717, 1.165) is 11.9 Å². The maximum absolute atomic E-state index is 11.1. The zero-order chi connectivity index (χ0) is 11.6.